The molecule has 2 aromatic heterocycles. The van der Waals surface area contributed by atoms with Crippen LogP contribution in [-0.4, -0.2) is 49.2 Å². The van der Waals surface area contributed by atoms with Crippen LogP contribution in [0, 0.1) is 22.6 Å². The summed E-state index contributed by atoms with van der Waals surface area (Å²) in [5, 5.41) is 22.3. The lowest BCUT2D eigenvalue weighted by Gasteiger charge is -2.31. The van der Waals surface area contributed by atoms with Gasteiger partial charge in [-0.1, -0.05) is 49.7 Å². The lowest BCUT2D eigenvalue weighted by atomic mass is 9.96. The van der Waals surface area contributed by atoms with E-state index in [1.807, 2.05) is 20.8 Å². The molecule has 1 amide bonds. The van der Waals surface area contributed by atoms with Gasteiger partial charge in [-0.2, -0.15) is 5.26 Å². The van der Waals surface area contributed by atoms with Gasteiger partial charge in [-0.25, -0.2) is 23.0 Å². The van der Waals surface area contributed by atoms with Gasteiger partial charge in [-0.05, 0) is 48.1 Å². The molecule has 0 saturated heterocycles. The van der Waals surface area contributed by atoms with E-state index in [1.54, 1.807) is 16.9 Å². The predicted octanol–water partition coefficient (Wildman–Crippen LogP) is 6.08. The number of aromatic nitrogens is 4. The van der Waals surface area contributed by atoms with Crippen LogP contribution in [0.3, 0.4) is 0 Å². The van der Waals surface area contributed by atoms with E-state index in [2.05, 4.69) is 31.2 Å². The first-order valence-corrected chi connectivity index (χ1v) is 15.7. The summed E-state index contributed by atoms with van der Waals surface area (Å²) >= 11 is 6.74. The van der Waals surface area contributed by atoms with E-state index in [4.69, 9.17) is 26.1 Å². The molecule has 2 aromatic carbocycles. The second-order valence-electron chi connectivity index (χ2n) is 11.7. The third-order valence-electron chi connectivity index (χ3n) is 6.88. The molecule has 0 radical (unpaired) electrons. The maximum Gasteiger partial charge on any atom is 0.472 e. The lowest BCUT2D eigenvalue weighted by molar-refractivity contribution is 0.0427. The van der Waals surface area contributed by atoms with Crippen LogP contribution >= 0.6 is 19.4 Å². The number of fused-ring (bicyclic) bond motifs is 1. The topological polar surface area (TPSA) is 176 Å². The number of nitrogens with zero attached hydrogens (tertiary/aromatic N) is 6. The molecular formula is C29H30ClFN7O6P. The van der Waals surface area contributed by atoms with Crippen LogP contribution in [0.1, 0.15) is 62.5 Å². The normalized spacial score (nSPS) is 14.2. The second kappa shape index (κ2) is 12.7. The number of nitrogens with one attached hydrogen (secondary N) is 1. The minimum absolute atomic E-state index is 0.134. The molecule has 1 atom stereocenters. The van der Waals surface area contributed by atoms with Crippen molar-refractivity contribution in [2.24, 2.45) is 5.41 Å². The van der Waals surface area contributed by atoms with Crippen LogP contribution in [0.4, 0.5) is 20.6 Å². The van der Waals surface area contributed by atoms with Gasteiger partial charge in [0.25, 0.3) is 0 Å². The highest BCUT2D eigenvalue weighted by Gasteiger charge is 2.35. The molecule has 1 aliphatic rings. The molecule has 5 rings (SSSR count). The summed E-state index contributed by atoms with van der Waals surface area (Å²) in [4.78, 5) is 37.7. The number of ether oxygens (including phenoxy) is 1. The van der Waals surface area contributed by atoms with Crippen molar-refractivity contribution in [3.63, 3.8) is 0 Å². The number of pyridine rings is 1. The van der Waals surface area contributed by atoms with Crippen LogP contribution in [0.5, 0.6) is 0 Å². The highest BCUT2D eigenvalue weighted by molar-refractivity contribution is 7.46. The molecule has 0 spiro atoms. The number of halogens is 2. The summed E-state index contributed by atoms with van der Waals surface area (Å²) < 4.78 is 36.6. The second-order valence-corrected chi connectivity index (χ2v) is 13.4. The van der Waals surface area contributed by atoms with Crippen molar-refractivity contribution >= 4 is 47.8 Å². The van der Waals surface area contributed by atoms with Gasteiger partial charge in [0.1, 0.15) is 23.6 Å². The van der Waals surface area contributed by atoms with Crippen LogP contribution in [-0.2, 0) is 13.8 Å². The number of phosphoric ester groups is 1. The van der Waals surface area contributed by atoms with Gasteiger partial charge in [-0.15, -0.1) is 5.10 Å². The summed E-state index contributed by atoms with van der Waals surface area (Å²) in [5.74, 6) is -0.512. The third-order valence-corrected chi connectivity index (χ3v) is 7.61. The predicted molar refractivity (Wildman–Crippen MR) is 163 cm³/mol. The van der Waals surface area contributed by atoms with E-state index in [0.717, 1.165) is 17.7 Å². The number of anilines is 2. The molecule has 45 heavy (non-hydrogen) atoms. The number of carbonyl (C=O) groups excluding carboxylic acids is 1. The molecule has 3 N–H and O–H groups in total. The standard InChI is InChI=1S/C29H30ClFN7O6P/c1-29(2,3)15-34-25-18(12-32)13-33-26-22(25)10-21(11-23(26)30)38(28(39)43-16-44-45(40,41)42)27(17-4-6-19(31)7-5-17)24-14-37(36-35-24)20-8-9-20/h4-7,10-11,13-14,20,27H,8-9,15-16H2,1-3H3,(H,33,34)(H2,40,41,42)/t27-/m0/s1. The van der Waals surface area contributed by atoms with Crippen molar-refractivity contribution in [1.29, 1.82) is 5.26 Å². The number of benzene rings is 2. The van der Waals surface area contributed by atoms with Gasteiger partial charge in [0.15, 0.2) is 0 Å². The molecule has 1 fully saturated rings. The first-order chi connectivity index (χ1) is 21.2. The van der Waals surface area contributed by atoms with E-state index in [-0.39, 0.29) is 27.7 Å². The quantitative estimate of drug-likeness (QED) is 0.133. The van der Waals surface area contributed by atoms with Gasteiger partial charge < -0.3 is 19.8 Å². The number of nitriles is 1. The molecule has 2 heterocycles. The Morgan fingerprint density at radius 1 is 1.29 bits per heavy atom. The van der Waals surface area contributed by atoms with Crippen molar-refractivity contribution in [3.8, 4) is 6.07 Å². The van der Waals surface area contributed by atoms with E-state index in [1.165, 1.54) is 36.5 Å². The Morgan fingerprint density at radius 2 is 2.00 bits per heavy atom. The van der Waals surface area contributed by atoms with Crippen LogP contribution < -0.4 is 10.2 Å². The molecule has 236 valence electrons. The summed E-state index contributed by atoms with van der Waals surface area (Å²) in [5.41, 5.74) is 1.74. The van der Waals surface area contributed by atoms with Crippen molar-refractivity contribution < 1.29 is 32.8 Å². The van der Waals surface area contributed by atoms with Crippen LogP contribution in [0.15, 0.2) is 48.8 Å². The van der Waals surface area contributed by atoms with Crippen molar-refractivity contribution in [2.75, 3.05) is 23.6 Å². The maximum absolute atomic E-state index is 14.0. The van der Waals surface area contributed by atoms with E-state index >= 15 is 0 Å². The fourth-order valence-corrected chi connectivity index (χ4v) is 5.07. The van der Waals surface area contributed by atoms with E-state index < -0.39 is 32.6 Å². The maximum atomic E-state index is 14.0. The zero-order valence-corrected chi connectivity index (χ0v) is 26.2. The molecular weight excluding hydrogens is 628 g/mol. The van der Waals surface area contributed by atoms with Crippen molar-refractivity contribution in [1.82, 2.24) is 20.0 Å². The van der Waals surface area contributed by atoms with Crippen LogP contribution in [0.2, 0.25) is 5.02 Å². The fraction of sp³-hybridized carbons (Fsp3) is 0.345. The van der Waals surface area contributed by atoms with Crippen molar-refractivity contribution in [2.45, 2.75) is 45.7 Å². The van der Waals surface area contributed by atoms with Gasteiger partial charge in [-0.3, -0.25) is 9.88 Å². The minimum atomic E-state index is -4.98. The number of amides is 1. The summed E-state index contributed by atoms with van der Waals surface area (Å²) in [6.45, 7) is 5.47. The first-order valence-electron chi connectivity index (χ1n) is 13.8. The number of carbonyl (C=O) groups is 1. The van der Waals surface area contributed by atoms with E-state index in [9.17, 15) is 19.0 Å². The number of rotatable bonds is 10. The highest BCUT2D eigenvalue weighted by Crippen LogP contribution is 2.41. The van der Waals surface area contributed by atoms with Gasteiger partial charge in [0.2, 0.25) is 6.79 Å². The smallest absolute Gasteiger partial charge is 0.421 e. The Labute approximate surface area is 262 Å². The Kier molecular flexibility index (Phi) is 9.11. The Bertz CT molecular complexity index is 1810. The zero-order chi connectivity index (χ0) is 32.5. The van der Waals surface area contributed by atoms with Gasteiger partial charge in [0.05, 0.1) is 39.7 Å². The summed E-state index contributed by atoms with van der Waals surface area (Å²) in [7, 11) is -4.98. The molecule has 0 aliphatic heterocycles. The first kappa shape index (κ1) is 32.3. The average molecular weight is 658 g/mol. The molecule has 0 unspecified atom stereocenters. The third kappa shape index (κ3) is 7.76. The lowest BCUT2D eigenvalue weighted by Crippen LogP contribution is -2.37. The van der Waals surface area contributed by atoms with Gasteiger partial charge >= 0.3 is 13.9 Å². The van der Waals surface area contributed by atoms with E-state index in [0.29, 0.717) is 34.4 Å². The van der Waals surface area contributed by atoms with Gasteiger partial charge in [0, 0.05) is 18.1 Å². The van der Waals surface area contributed by atoms with Crippen LogP contribution in [0.25, 0.3) is 10.9 Å². The largest absolute Gasteiger partial charge is 0.472 e. The molecule has 1 aliphatic carbocycles. The van der Waals surface area contributed by atoms with Crippen molar-refractivity contribution in [3.05, 3.63) is 76.5 Å². The molecule has 4 aromatic rings. The monoisotopic (exact) mass is 657 g/mol. The summed E-state index contributed by atoms with van der Waals surface area (Å²) in [6.07, 6.45) is 3.81. The zero-order valence-electron chi connectivity index (χ0n) is 24.5. The summed E-state index contributed by atoms with van der Waals surface area (Å²) in [6, 6.07) is 9.64. The fourth-order valence-electron chi connectivity index (χ4n) is 4.62. The average Bonchev–Trinajstić information content (AvgIpc) is 3.70. The molecule has 1 saturated carbocycles. The Balaban J connectivity index is 1.70. The Hall–Kier alpha value is -4.12. The number of hydrogen-bond donors (Lipinski definition) is 3. The highest BCUT2D eigenvalue weighted by atomic mass is 35.5. The molecule has 16 heteroatoms. The number of phosphoric acid groups is 1. The Morgan fingerprint density at radius 3 is 2.62 bits per heavy atom. The SMILES string of the molecule is CC(C)(C)CNc1c(C#N)cnc2c(Cl)cc(N(C(=O)OCOP(=O)(O)O)[C@@H](c3ccc(F)cc3)c3cn(C4CC4)nn3)cc12. The minimum Gasteiger partial charge on any atom is -0.421 e. The molecule has 13 nitrogen and oxygen atoms in total. The molecule has 0 bridgehead atoms. The number of hydrogen-bond acceptors (Lipinski definition) is 9.